The van der Waals surface area contributed by atoms with Gasteiger partial charge < -0.3 is 56.2 Å². The normalized spacial score (nSPS) is 22.2. The monoisotopic (exact) mass is 1310 g/mol. The molecule has 2 aliphatic heterocycles. The number of benzene rings is 2. The Morgan fingerprint density at radius 1 is 0.638 bits per heavy atom. The van der Waals surface area contributed by atoms with Crippen LogP contribution in [0.2, 0.25) is 0 Å². The predicted molar refractivity (Wildman–Crippen MR) is 341 cm³/mol. The van der Waals surface area contributed by atoms with Crippen molar-refractivity contribution in [3.63, 3.8) is 0 Å². The number of alkyl halides is 1. The first-order chi connectivity index (χ1) is 44.9. The lowest BCUT2D eigenvalue weighted by atomic mass is 9.86. The number of aryl methyl sites for hydroxylation is 2. The van der Waals surface area contributed by atoms with Crippen LogP contribution in [-0.2, 0) is 46.5 Å². The zero-order chi connectivity index (χ0) is 67.6. The minimum Gasteiger partial charge on any atom is -0.372 e. The third-order valence-electron chi connectivity index (χ3n) is 20.4. The summed E-state index contributed by atoms with van der Waals surface area (Å²) in [5, 5.41) is 29.6. The van der Waals surface area contributed by atoms with Crippen LogP contribution in [0.25, 0.3) is 0 Å². The van der Waals surface area contributed by atoms with Crippen LogP contribution in [0.1, 0.15) is 155 Å². The number of rotatable bonds is 28. The van der Waals surface area contributed by atoms with E-state index in [1.807, 2.05) is 27.9 Å². The third-order valence-corrected chi connectivity index (χ3v) is 20.4. The van der Waals surface area contributed by atoms with Crippen molar-refractivity contribution in [3.05, 3.63) is 88.0 Å². The van der Waals surface area contributed by atoms with E-state index in [0.717, 1.165) is 45.4 Å². The number of nitrogens with zero attached hydrogens (tertiary/aromatic N) is 8. The summed E-state index contributed by atoms with van der Waals surface area (Å²) in [7, 11) is 5.30. The summed E-state index contributed by atoms with van der Waals surface area (Å²) in [5.74, 6) is -8.96. The molecule has 0 radical (unpaired) electrons. The van der Waals surface area contributed by atoms with Crippen molar-refractivity contribution < 1.29 is 60.9 Å². The molecule has 4 saturated carbocycles. The van der Waals surface area contributed by atoms with Gasteiger partial charge in [0.15, 0.2) is 11.9 Å². The molecule has 510 valence electrons. The summed E-state index contributed by atoms with van der Waals surface area (Å²) < 4.78 is 59.1. The molecule has 4 aliphatic carbocycles. The number of likely N-dealkylation sites (N-methyl/N-ethyl adjacent to an activating group) is 2. The molecule has 2 aromatic carbocycles. The topological polar surface area (TPSA) is 288 Å². The zero-order valence-electron chi connectivity index (χ0n) is 55.4. The van der Waals surface area contributed by atoms with Crippen LogP contribution in [0.3, 0.4) is 0 Å². The number of carbonyl (C=O) groups is 8. The van der Waals surface area contributed by atoms with Gasteiger partial charge in [0.25, 0.3) is 17.7 Å². The van der Waals surface area contributed by atoms with Crippen LogP contribution in [0.15, 0.2) is 47.1 Å². The molecule has 6 aliphatic rings. The number of ether oxygens (including phenoxy) is 1. The number of hydrogen-bond donors (Lipinski definition) is 6. The van der Waals surface area contributed by atoms with Crippen molar-refractivity contribution in [1.82, 2.24) is 61.0 Å². The Bertz CT molecular complexity index is 3440. The number of anilines is 2. The van der Waals surface area contributed by atoms with Gasteiger partial charge in [-0.25, -0.2) is 17.8 Å². The number of piperazine rings is 2. The molecule has 2 saturated heterocycles. The standard InChI is InChI=1S/C67H91F3N14O10/c1-11-48-57(79-94-78-48)63(88)76-59(65(90)72-50-22-19-42(29-47(50)70)35(4)55(74-61(86)38(7)93-10)66(91)82-26-23-80(8)24-27-82)54(41-17-18-41)45-31-44(45)51-32-52(84(12-2)77-51)62(87)75-58(53(39-13-14-39)40-15-16-40)64(89)71-49-21-20-43(30-46(49)69)36(5)56(73-60(85)37(6)68)67(92)83-28-25-81(9)34(3)33-83/h19-22,29-30,32,34-41,44-45,53-56,58-59H,11-18,23-28,31,33H2,1-10H3,(H,71,89)(H,72,90)(H,73,85)(H,74,86)(H,75,87)(H,76,88)/t34-,35+,36+,37-,38+,44?,45?,54?,55-,56-,58+,59+/m1/s1. The van der Waals surface area contributed by atoms with E-state index in [9.17, 15) is 42.7 Å². The molecule has 24 nitrogen and oxygen atoms in total. The highest BCUT2D eigenvalue weighted by Gasteiger charge is 2.56. The quantitative estimate of drug-likeness (QED) is 0.0417. The number of methoxy groups -OCH3 is 1. The fourth-order valence-corrected chi connectivity index (χ4v) is 13.7. The van der Waals surface area contributed by atoms with Crippen molar-refractivity contribution in [3.8, 4) is 0 Å². The van der Waals surface area contributed by atoms with E-state index in [-0.39, 0.29) is 82.5 Å². The van der Waals surface area contributed by atoms with Crippen molar-refractivity contribution >= 4 is 58.6 Å². The molecule has 0 spiro atoms. The van der Waals surface area contributed by atoms with Gasteiger partial charge in [-0.2, -0.15) is 5.10 Å². The van der Waals surface area contributed by atoms with E-state index in [1.165, 1.54) is 31.4 Å². The van der Waals surface area contributed by atoms with E-state index in [1.54, 1.807) is 60.4 Å². The Labute approximate surface area is 546 Å². The Hall–Kier alpha value is -7.78. The average Bonchev–Trinajstić information content (AvgIpc) is 1.59. The fraction of sp³-hybridized carbons (Fsp3) is 0.627. The number of halogens is 3. The number of carbonyl (C=O) groups excluding carboxylic acids is 8. The lowest BCUT2D eigenvalue weighted by Gasteiger charge is -2.40. The van der Waals surface area contributed by atoms with Crippen LogP contribution in [0, 0.1) is 47.1 Å². The molecule has 8 amide bonds. The first-order valence-electron chi connectivity index (χ1n) is 33.3. The lowest BCUT2D eigenvalue weighted by molar-refractivity contribution is -0.140. The Balaban J connectivity index is 0.864. The second kappa shape index (κ2) is 29.5. The van der Waals surface area contributed by atoms with Gasteiger partial charge >= 0.3 is 0 Å². The van der Waals surface area contributed by atoms with Gasteiger partial charge in [-0.15, -0.1) is 0 Å². The highest BCUT2D eigenvalue weighted by Crippen LogP contribution is 2.59. The van der Waals surface area contributed by atoms with E-state index in [4.69, 9.17) is 14.5 Å². The van der Waals surface area contributed by atoms with E-state index < -0.39 is 107 Å². The summed E-state index contributed by atoms with van der Waals surface area (Å²) in [6, 6.07) is 5.47. The smallest absolute Gasteiger partial charge is 0.276 e. The molecule has 6 fully saturated rings. The predicted octanol–water partition coefficient (Wildman–Crippen LogP) is 5.37. The molecule has 0 bridgehead atoms. The molecule has 3 unspecified atom stereocenters. The summed E-state index contributed by atoms with van der Waals surface area (Å²) >= 11 is 0. The van der Waals surface area contributed by atoms with E-state index in [2.05, 4.69) is 52.0 Å². The second-order valence-electron chi connectivity index (χ2n) is 27.0. The van der Waals surface area contributed by atoms with Crippen molar-refractivity contribution in [1.29, 1.82) is 0 Å². The molecule has 4 aromatic rings. The summed E-state index contributed by atoms with van der Waals surface area (Å²) in [6.07, 6.45) is 3.00. The number of nitrogens with one attached hydrogen (secondary N) is 6. The zero-order valence-corrected chi connectivity index (χ0v) is 55.4. The molecule has 2 aromatic heterocycles. The van der Waals surface area contributed by atoms with Gasteiger partial charge in [-0.1, -0.05) is 38.1 Å². The highest BCUT2D eigenvalue weighted by atomic mass is 19.1. The molecular formula is C67H91F3N14O10. The van der Waals surface area contributed by atoms with Crippen LogP contribution in [0.4, 0.5) is 24.5 Å². The highest BCUT2D eigenvalue weighted by molar-refractivity contribution is 6.02. The maximum absolute atomic E-state index is 16.6. The molecule has 6 N–H and O–H groups in total. The van der Waals surface area contributed by atoms with Crippen molar-refractivity contribution in [2.75, 3.05) is 77.7 Å². The van der Waals surface area contributed by atoms with Crippen LogP contribution in [-0.4, -0.2) is 196 Å². The minimum absolute atomic E-state index is 0.0325. The molecule has 4 heterocycles. The summed E-state index contributed by atoms with van der Waals surface area (Å²) in [6.45, 7) is 15.4. The molecule has 94 heavy (non-hydrogen) atoms. The van der Waals surface area contributed by atoms with Gasteiger partial charge in [0.1, 0.15) is 53.3 Å². The van der Waals surface area contributed by atoms with Gasteiger partial charge in [-0.05, 0) is 175 Å². The van der Waals surface area contributed by atoms with E-state index in [0.29, 0.717) is 75.5 Å². The number of hydrogen-bond acceptors (Lipinski definition) is 15. The molecule has 12 atom stereocenters. The van der Waals surface area contributed by atoms with Crippen molar-refractivity contribution in [2.24, 2.45) is 35.5 Å². The van der Waals surface area contributed by atoms with Crippen LogP contribution < -0.4 is 31.9 Å². The van der Waals surface area contributed by atoms with Gasteiger partial charge in [0.2, 0.25) is 29.5 Å². The van der Waals surface area contributed by atoms with Gasteiger partial charge in [-0.3, -0.25) is 43.0 Å². The molecular weight excluding hydrogens is 1220 g/mol. The minimum atomic E-state index is -1.90. The first kappa shape index (κ1) is 69.1. The Morgan fingerprint density at radius 3 is 1.67 bits per heavy atom. The lowest BCUT2D eigenvalue weighted by Crippen LogP contribution is -2.58. The maximum atomic E-state index is 16.6. The number of aromatic nitrogens is 4. The van der Waals surface area contributed by atoms with Gasteiger partial charge in [0, 0.05) is 83.3 Å². The fourth-order valence-electron chi connectivity index (χ4n) is 13.7. The second-order valence-corrected chi connectivity index (χ2v) is 27.0. The summed E-state index contributed by atoms with van der Waals surface area (Å²) in [5.41, 5.74) is 1.29. The van der Waals surface area contributed by atoms with E-state index >= 15 is 8.78 Å². The Morgan fingerprint density at radius 2 is 1.16 bits per heavy atom. The molecule has 27 heteroatoms. The SMILES string of the molecule is CCc1nonc1C(=O)N[C@H](C(=O)Nc1ccc([C@H](C)[C@@H](NC(=O)[C@H](C)OC)C(=O)N2CCN(C)CC2)cc1F)C(C1CC1)C1CC1c1cc(C(=O)N[C@H](C(=O)Nc2ccc([C@H](C)[C@@H](NC(=O)[C@@H](C)F)C(=O)N3CCN(C)[C@H](C)C3)cc2F)C(C2CC2)C2CC2)n(CC)n1. The largest absolute Gasteiger partial charge is 0.372 e. The summed E-state index contributed by atoms with van der Waals surface area (Å²) in [4.78, 5) is 120. The van der Waals surface area contributed by atoms with Crippen LogP contribution in [0.5, 0.6) is 0 Å². The molecule has 10 rings (SSSR count). The average molecular weight is 1310 g/mol. The maximum Gasteiger partial charge on any atom is 0.276 e. The third kappa shape index (κ3) is 15.8. The Kier molecular flexibility index (Phi) is 21.7. The van der Waals surface area contributed by atoms with Crippen molar-refractivity contribution in [2.45, 2.75) is 167 Å². The van der Waals surface area contributed by atoms with Gasteiger partial charge in [0.05, 0.1) is 17.1 Å². The van der Waals surface area contributed by atoms with Crippen LogP contribution >= 0.6 is 0 Å². The number of amides is 8. The first-order valence-corrected chi connectivity index (χ1v) is 33.3.